The van der Waals surface area contributed by atoms with Gasteiger partial charge in [-0.15, -0.1) is 11.3 Å². The first-order valence-corrected chi connectivity index (χ1v) is 3.79. The van der Waals surface area contributed by atoms with Crippen molar-refractivity contribution in [3.8, 4) is 0 Å². The van der Waals surface area contributed by atoms with E-state index in [1.165, 1.54) is 11.3 Å². The summed E-state index contributed by atoms with van der Waals surface area (Å²) in [5.41, 5.74) is 6.52. The van der Waals surface area contributed by atoms with Gasteiger partial charge in [-0.3, -0.25) is 0 Å². The monoisotopic (exact) mass is 212 g/mol. The standard InChI is InChI=1S/C6H10N2S.2ClH/c1-4(2)5-3-9-6(7)8-5;;/h3-4H,1-2H3,(H2,7,8);2*1H/p-2. The van der Waals surface area contributed by atoms with Gasteiger partial charge in [0.15, 0.2) is 5.13 Å². The van der Waals surface area contributed by atoms with Crippen molar-refractivity contribution in [2.24, 2.45) is 0 Å². The SMILES string of the molecule is CC(C)c1csc(N)n1.[Cl-].[Cl-]. The Bertz CT molecular complexity index is 200. The van der Waals surface area contributed by atoms with Gasteiger partial charge in [0.2, 0.25) is 0 Å². The van der Waals surface area contributed by atoms with E-state index >= 15 is 0 Å². The molecule has 0 amide bonds. The van der Waals surface area contributed by atoms with E-state index in [4.69, 9.17) is 5.73 Å². The Morgan fingerprint density at radius 3 is 2.18 bits per heavy atom. The van der Waals surface area contributed by atoms with E-state index in [0.29, 0.717) is 11.0 Å². The molecule has 0 fully saturated rings. The number of nitrogens with zero attached hydrogens (tertiary/aromatic N) is 1. The first-order valence-electron chi connectivity index (χ1n) is 2.91. The molecule has 2 N–H and O–H groups in total. The summed E-state index contributed by atoms with van der Waals surface area (Å²) in [7, 11) is 0. The van der Waals surface area contributed by atoms with Crippen LogP contribution in [0.5, 0.6) is 0 Å². The highest BCUT2D eigenvalue weighted by Gasteiger charge is 2.01. The summed E-state index contributed by atoms with van der Waals surface area (Å²) >= 11 is 1.50. The molecule has 1 aromatic heterocycles. The van der Waals surface area contributed by atoms with Gasteiger partial charge >= 0.3 is 0 Å². The third-order valence-corrected chi connectivity index (χ3v) is 1.82. The number of hydrogen-bond acceptors (Lipinski definition) is 3. The van der Waals surface area contributed by atoms with E-state index in [1.807, 2.05) is 5.38 Å². The first kappa shape index (κ1) is 13.6. The first-order chi connectivity index (χ1) is 4.20. The van der Waals surface area contributed by atoms with Crippen molar-refractivity contribution >= 4 is 16.5 Å². The van der Waals surface area contributed by atoms with Crippen molar-refractivity contribution < 1.29 is 24.8 Å². The molecule has 0 saturated carbocycles. The van der Waals surface area contributed by atoms with Crippen LogP contribution in [0.25, 0.3) is 0 Å². The number of hydrogen-bond donors (Lipinski definition) is 1. The highest BCUT2D eigenvalue weighted by Crippen LogP contribution is 2.18. The van der Waals surface area contributed by atoms with Crippen molar-refractivity contribution in [3.05, 3.63) is 11.1 Å². The van der Waals surface area contributed by atoms with Gasteiger partial charge in [0, 0.05) is 5.38 Å². The zero-order valence-corrected chi connectivity index (χ0v) is 8.67. The molecule has 66 valence electrons. The molecule has 0 saturated heterocycles. The molecule has 0 spiro atoms. The number of anilines is 1. The fourth-order valence-corrected chi connectivity index (χ4v) is 1.29. The third-order valence-electron chi connectivity index (χ3n) is 1.13. The van der Waals surface area contributed by atoms with Crippen LogP contribution in [0.3, 0.4) is 0 Å². The number of aromatic nitrogens is 1. The Kier molecular flexibility index (Phi) is 6.96. The summed E-state index contributed by atoms with van der Waals surface area (Å²) in [6.45, 7) is 4.21. The molecule has 0 aliphatic carbocycles. The maximum absolute atomic E-state index is 5.42. The van der Waals surface area contributed by atoms with Crippen molar-refractivity contribution in [1.82, 2.24) is 4.98 Å². The molecular weight excluding hydrogens is 203 g/mol. The van der Waals surface area contributed by atoms with Crippen LogP contribution in [0.2, 0.25) is 0 Å². The fraction of sp³-hybridized carbons (Fsp3) is 0.500. The number of rotatable bonds is 1. The lowest BCUT2D eigenvalue weighted by atomic mass is 10.2. The van der Waals surface area contributed by atoms with Gasteiger partial charge in [-0.1, -0.05) is 13.8 Å². The summed E-state index contributed by atoms with van der Waals surface area (Å²) < 4.78 is 0. The Morgan fingerprint density at radius 2 is 2.00 bits per heavy atom. The van der Waals surface area contributed by atoms with Crippen LogP contribution >= 0.6 is 11.3 Å². The van der Waals surface area contributed by atoms with Gasteiger partial charge in [-0.25, -0.2) is 4.98 Å². The normalized spacial score (nSPS) is 8.64. The summed E-state index contributed by atoms with van der Waals surface area (Å²) in [4.78, 5) is 4.11. The molecule has 0 aliphatic heterocycles. The summed E-state index contributed by atoms with van der Waals surface area (Å²) in [6.07, 6.45) is 0. The van der Waals surface area contributed by atoms with Gasteiger partial charge in [0.05, 0.1) is 5.69 Å². The zero-order chi connectivity index (χ0) is 6.85. The number of thiazole rings is 1. The van der Waals surface area contributed by atoms with Gasteiger partial charge in [-0.2, -0.15) is 0 Å². The molecule has 1 rings (SSSR count). The van der Waals surface area contributed by atoms with E-state index in [-0.39, 0.29) is 24.8 Å². The van der Waals surface area contributed by atoms with Crippen LogP contribution in [-0.2, 0) is 0 Å². The van der Waals surface area contributed by atoms with Gasteiger partial charge in [0.1, 0.15) is 0 Å². The number of halogens is 2. The van der Waals surface area contributed by atoms with E-state index in [0.717, 1.165) is 5.69 Å². The highest BCUT2D eigenvalue weighted by molar-refractivity contribution is 7.13. The lowest BCUT2D eigenvalue weighted by Gasteiger charge is -1.94. The Labute approximate surface area is 83.0 Å². The summed E-state index contributed by atoms with van der Waals surface area (Å²) in [6, 6.07) is 0. The summed E-state index contributed by atoms with van der Waals surface area (Å²) in [5.74, 6) is 0.499. The Balaban J connectivity index is 0. The number of nitrogen functional groups attached to an aromatic ring is 1. The predicted octanol–water partition coefficient (Wildman–Crippen LogP) is -4.14. The molecule has 0 aromatic carbocycles. The number of nitrogens with two attached hydrogens (primary N) is 1. The second-order valence-electron chi connectivity index (χ2n) is 2.27. The van der Waals surface area contributed by atoms with Gasteiger partial charge in [0.25, 0.3) is 0 Å². The van der Waals surface area contributed by atoms with Crippen molar-refractivity contribution in [2.75, 3.05) is 5.73 Å². The molecule has 0 radical (unpaired) electrons. The Morgan fingerprint density at radius 1 is 1.45 bits per heavy atom. The molecule has 0 aliphatic rings. The van der Waals surface area contributed by atoms with E-state index in [1.54, 1.807) is 0 Å². The van der Waals surface area contributed by atoms with E-state index in [2.05, 4.69) is 18.8 Å². The topological polar surface area (TPSA) is 38.9 Å². The quantitative estimate of drug-likeness (QED) is 0.514. The minimum Gasteiger partial charge on any atom is -1.00 e. The average Bonchev–Trinajstić information content (AvgIpc) is 2.14. The van der Waals surface area contributed by atoms with Crippen LogP contribution in [-0.4, -0.2) is 4.98 Å². The van der Waals surface area contributed by atoms with Crippen LogP contribution in [0.4, 0.5) is 5.13 Å². The largest absolute Gasteiger partial charge is 1.00 e. The predicted molar refractivity (Wildman–Crippen MR) is 40.6 cm³/mol. The summed E-state index contributed by atoms with van der Waals surface area (Å²) in [5, 5.41) is 2.67. The van der Waals surface area contributed by atoms with Crippen molar-refractivity contribution in [2.45, 2.75) is 19.8 Å². The second kappa shape index (κ2) is 5.63. The van der Waals surface area contributed by atoms with Crippen LogP contribution in [0.15, 0.2) is 5.38 Å². The fourth-order valence-electron chi connectivity index (χ4n) is 0.566. The maximum Gasteiger partial charge on any atom is 0.180 e. The van der Waals surface area contributed by atoms with Gasteiger partial charge < -0.3 is 30.5 Å². The minimum atomic E-state index is 0. The molecular formula is C6H10Cl2N2S-2. The second-order valence-corrected chi connectivity index (χ2v) is 3.15. The lowest BCUT2D eigenvalue weighted by Crippen LogP contribution is -3.00. The molecule has 0 bridgehead atoms. The highest BCUT2D eigenvalue weighted by atomic mass is 35.5. The third kappa shape index (κ3) is 3.79. The van der Waals surface area contributed by atoms with Crippen LogP contribution in [0.1, 0.15) is 25.5 Å². The van der Waals surface area contributed by atoms with E-state index in [9.17, 15) is 0 Å². The van der Waals surface area contributed by atoms with Crippen molar-refractivity contribution in [3.63, 3.8) is 0 Å². The van der Waals surface area contributed by atoms with Crippen LogP contribution < -0.4 is 30.5 Å². The van der Waals surface area contributed by atoms with E-state index < -0.39 is 0 Å². The smallest absolute Gasteiger partial charge is 0.180 e. The molecule has 5 heteroatoms. The van der Waals surface area contributed by atoms with Crippen LogP contribution in [0, 0.1) is 0 Å². The minimum absolute atomic E-state index is 0. The lowest BCUT2D eigenvalue weighted by molar-refractivity contribution is -0.001000. The maximum atomic E-state index is 5.42. The molecule has 0 unspecified atom stereocenters. The molecule has 11 heavy (non-hydrogen) atoms. The molecule has 1 aromatic rings. The average molecular weight is 213 g/mol. The molecule has 0 atom stereocenters. The molecule has 2 nitrogen and oxygen atoms in total. The molecule has 1 heterocycles. The zero-order valence-electron chi connectivity index (χ0n) is 6.34. The van der Waals surface area contributed by atoms with Gasteiger partial charge in [-0.05, 0) is 5.92 Å². The Hall–Kier alpha value is 0.01000. The van der Waals surface area contributed by atoms with Crippen molar-refractivity contribution in [1.29, 1.82) is 0 Å².